The van der Waals surface area contributed by atoms with Crippen molar-refractivity contribution in [2.75, 3.05) is 6.54 Å². The number of hydrogen-bond acceptors (Lipinski definition) is 2. The van der Waals surface area contributed by atoms with E-state index in [9.17, 15) is 0 Å². The van der Waals surface area contributed by atoms with Crippen LogP contribution in [-0.4, -0.2) is 6.54 Å². The summed E-state index contributed by atoms with van der Waals surface area (Å²) in [5, 5.41) is 12.7. The van der Waals surface area contributed by atoms with E-state index >= 15 is 0 Å². The van der Waals surface area contributed by atoms with Gasteiger partial charge in [0.05, 0.1) is 22.7 Å². The second-order valence-electron chi connectivity index (χ2n) is 3.17. The molecule has 1 atom stereocenters. The SMILES string of the molecule is CC[C@H](NCC#N)c1ccc(Cl)c(Cl)c1. The van der Waals surface area contributed by atoms with E-state index in [2.05, 4.69) is 18.3 Å². The highest BCUT2D eigenvalue weighted by Crippen LogP contribution is 2.26. The molecule has 0 saturated heterocycles. The fourth-order valence-corrected chi connectivity index (χ4v) is 1.70. The van der Waals surface area contributed by atoms with Crippen molar-refractivity contribution < 1.29 is 0 Å². The summed E-state index contributed by atoms with van der Waals surface area (Å²) in [5.41, 5.74) is 1.06. The number of benzene rings is 1. The monoisotopic (exact) mass is 242 g/mol. The molecule has 1 aromatic carbocycles. The first-order chi connectivity index (χ1) is 7.19. The molecular formula is C11H12Cl2N2. The number of nitrogens with one attached hydrogen (secondary N) is 1. The second-order valence-corrected chi connectivity index (χ2v) is 3.99. The van der Waals surface area contributed by atoms with Gasteiger partial charge in [-0.05, 0) is 24.1 Å². The summed E-state index contributed by atoms with van der Waals surface area (Å²) in [7, 11) is 0. The van der Waals surface area contributed by atoms with Crippen LogP contribution in [0.25, 0.3) is 0 Å². The Labute approximate surface area is 99.8 Å². The third-order valence-corrected chi connectivity index (χ3v) is 2.92. The maximum absolute atomic E-state index is 8.50. The van der Waals surface area contributed by atoms with Crippen LogP contribution in [0.1, 0.15) is 24.9 Å². The Morgan fingerprint density at radius 3 is 2.67 bits per heavy atom. The highest BCUT2D eigenvalue weighted by molar-refractivity contribution is 6.42. The summed E-state index contributed by atoms with van der Waals surface area (Å²) in [6.45, 7) is 2.39. The van der Waals surface area contributed by atoms with Gasteiger partial charge in [-0.15, -0.1) is 0 Å². The zero-order valence-electron chi connectivity index (χ0n) is 8.43. The molecule has 0 amide bonds. The van der Waals surface area contributed by atoms with E-state index in [1.807, 2.05) is 12.1 Å². The van der Waals surface area contributed by atoms with Crippen LogP contribution in [0.4, 0.5) is 0 Å². The smallest absolute Gasteiger partial charge is 0.0845 e. The Morgan fingerprint density at radius 1 is 1.40 bits per heavy atom. The first-order valence-electron chi connectivity index (χ1n) is 4.74. The fourth-order valence-electron chi connectivity index (χ4n) is 1.40. The Kier molecular flexibility index (Phi) is 4.90. The van der Waals surface area contributed by atoms with Crippen molar-refractivity contribution in [2.24, 2.45) is 0 Å². The molecule has 1 rings (SSSR count). The minimum Gasteiger partial charge on any atom is -0.298 e. The van der Waals surface area contributed by atoms with Gasteiger partial charge in [0, 0.05) is 6.04 Å². The molecule has 0 radical (unpaired) electrons. The maximum atomic E-state index is 8.50. The summed E-state index contributed by atoms with van der Waals surface area (Å²) in [6.07, 6.45) is 0.902. The van der Waals surface area contributed by atoms with Gasteiger partial charge in [-0.1, -0.05) is 36.2 Å². The highest BCUT2D eigenvalue weighted by Gasteiger charge is 2.09. The van der Waals surface area contributed by atoms with E-state index in [4.69, 9.17) is 28.5 Å². The normalized spacial score (nSPS) is 12.1. The summed E-state index contributed by atoms with van der Waals surface area (Å²) in [5.74, 6) is 0. The lowest BCUT2D eigenvalue weighted by atomic mass is 10.0. The summed E-state index contributed by atoms with van der Waals surface area (Å²) in [6, 6.07) is 7.74. The van der Waals surface area contributed by atoms with Gasteiger partial charge >= 0.3 is 0 Å². The van der Waals surface area contributed by atoms with Crippen molar-refractivity contribution in [2.45, 2.75) is 19.4 Å². The van der Waals surface area contributed by atoms with Gasteiger partial charge in [0.25, 0.3) is 0 Å². The molecule has 4 heteroatoms. The molecule has 2 nitrogen and oxygen atoms in total. The van der Waals surface area contributed by atoms with Gasteiger partial charge in [-0.25, -0.2) is 0 Å². The lowest BCUT2D eigenvalue weighted by Gasteiger charge is -2.15. The topological polar surface area (TPSA) is 35.8 Å². The predicted octanol–water partition coefficient (Wildman–Crippen LogP) is 3.56. The number of nitrogens with zero attached hydrogens (tertiary/aromatic N) is 1. The Morgan fingerprint density at radius 2 is 2.13 bits per heavy atom. The van der Waals surface area contributed by atoms with E-state index in [1.165, 1.54) is 0 Å². The van der Waals surface area contributed by atoms with Crippen LogP contribution >= 0.6 is 23.2 Å². The van der Waals surface area contributed by atoms with Crippen LogP contribution in [0.5, 0.6) is 0 Å². The van der Waals surface area contributed by atoms with Crippen LogP contribution in [0.2, 0.25) is 10.0 Å². The minimum absolute atomic E-state index is 0.152. The summed E-state index contributed by atoms with van der Waals surface area (Å²) < 4.78 is 0. The van der Waals surface area contributed by atoms with Gasteiger partial charge in [0.2, 0.25) is 0 Å². The third-order valence-electron chi connectivity index (χ3n) is 2.18. The van der Waals surface area contributed by atoms with Crippen LogP contribution < -0.4 is 5.32 Å². The molecule has 0 bridgehead atoms. The van der Waals surface area contributed by atoms with Crippen LogP contribution in [0.15, 0.2) is 18.2 Å². The lowest BCUT2D eigenvalue weighted by Crippen LogP contribution is -2.20. The zero-order chi connectivity index (χ0) is 11.3. The molecule has 1 aromatic rings. The number of nitriles is 1. The Balaban J connectivity index is 2.83. The average Bonchev–Trinajstić information content (AvgIpc) is 2.24. The maximum Gasteiger partial charge on any atom is 0.0845 e. The molecule has 0 unspecified atom stereocenters. The van der Waals surface area contributed by atoms with E-state index in [1.54, 1.807) is 6.07 Å². The van der Waals surface area contributed by atoms with Crippen LogP contribution in [0, 0.1) is 11.3 Å². The van der Waals surface area contributed by atoms with E-state index in [-0.39, 0.29) is 6.04 Å². The standard InChI is InChI=1S/C11H12Cl2N2/c1-2-11(15-6-5-14)8-3-4-9(12)10(13)7-8/h3-4,7,11,15H,2,6H2,1H3/t11-/m0/s1. The zero-order valence-corrected chi connectivity index (χ0v) is 9.94. The summed E-state index contributed by atoms with van der Waals surface area (Å²) >= 11 is 11.8. The van der Waals surface area contributed by atoms with Crippen molar-refractivity contribution in [3.8, 4) is 6.07 Å². The van der Waals surface area contributed by atoms with Crippen molar-refractivity contribution in [1.82, 2.24) is 5.32 Å². The van der Waals surface area contributed by atoms with E-state index in [0.29, 0.717) is 16.6 Å². The molecule has 0 spiro atoms. The van der Waals surface area contributed by atoms with Crippen LogP contribution in [-0.2, 0) is 0 Å². The number of rotatable bonds is 4. The molecular weight excluding hydrogens is 231 g/mol. The molecule has 0 heterocycles. The molecule has 0 aliphatic heterocycles. The average molecular weight is 243 g/mol. The largest absolute Gasteiger partial charge is 0.298 e. The number of hydrogen-bond donors (Lipinski definition) is 1. The molecule has 0 saturated carbocycles. The predicted molar refractivity (Wildman–Crippen MR) is 63.1 cm³/mol. The molecule has 0 aromatic heterocycles. The van der Waals surface area contributed by atoms with Crippen molar-refractivity contribution >= 4 is 23.2 Å². The number of halogens is 2. The highest BCUT2D eigenvalue weighted by atomic mass is 35.5. The summed E-state index contributed by atoms with van der Waals surface area (Å²) in [4.78, 5) is 0. The first-order valence-corrected chi connectivity index (χ1v) is 5.50. The molecule has 0 aliphatic rings. The molecule has 15 heavy (non-hydrogen) atoms. The minimum atomic E-state index is 0.152. The Bertz CT molecular complexity index is 371. The third kappa shape index (κ3) is 3.39. The Hall–Kier alpha value is -0.750. The van der Waals surface area contributed by atoms with Gasteiger partial charge in [-0.3, -0.25) is 5.32 Å². The molecule has 0 aliphatic carbocycles. The first kappa shape index (κ1) is 12.3. The second kappa shape index (κ2) is 5.97. The van der Waals surface area contributed by atoms with Gasteiger partial charge in [0.1, 0.15) is 0 Å². The van der Waals surface area contributed by atoms with Crippen molar-refractivity contribution in [1.29, 1.82) is 5.26 Å². The van der Waals surface area contributed by atoms with Crippen LogP contribution in [0.3, 0.4) is 0 Å². The molecule has 0 fully saturated rings. The van der Waals surface area contributed by atoms with Gasteiger partial charge < -0.3 is 0 Å². The van der Waals surface area contributed by atoms with Crippen molar-refractivity contribution in [3.63, 3.8) is 0 Å². The van der Waals surface area contributed by atoms with Crippen molar-refractivity contribution in [3.05, 3.63) is 33.8 Å². The van der Waals surface area contributed by atoms with E-state index < -0.39 is 0 Å². The van der Waals surface area contributed by atoms with Gasteiger partial charge in [-0.2, -0.15) is 5.26 Å². The van der Waals surface area contributed by atoms with Gasteiger partial charge in [0.15, 0.2) is 0 Å². The lowest BCUT2D eigenvalue weighted by molar-refractivity contribution is 0.554. The quantitative estimate of drug-likeness (QED) is 0.820. The molecule has 1 N–H and O–H groups in total. The fraction of sp³-hybridized carbons (Fsp3) is 0.364. The molecule has 80 valence electrons. The van der Waals surface area contributed by atoms with E-state index in [0.717, 1.165) is 12.0 Å².